The van der Waals surface area contributed by atoms with Gasteiger partial charge in [-0.05, 0) is 11.3 Å². The number of nitrogens with zero attached hydrogens (tertiary/aromatic N) is 3. The molecule has 5 nitrogen and oxygen atoms in total. The van der Waals surface area contributed by atoms with Gasteiger partial charge in [0.1, 0.15) is 12.1 Å². The summed E-state index contributed by atoms with van der Waals surface area (Å²) in [6.45, 7) is 0. The summed E-state index contributed by atoms with van der Waals surface area (Å²) in [5.41, 5.74) is 0.922. The molecule has 20 heavy (non-hydrogen) atoms. The van der Waals surface area contributed by atoms with Crippen LogP contribution in [-0.4, -0.2) is 25.3 Å². The Morgan fingerprint density at radius 3 is 2.60 bits per heavy atom. The molecule has 1 unspecified atom stereocenters. The van der Waals surface area contributed by atoms with Crippen LogP contribution in [0.2, 0.25) is 0 Å². The SMILES string of the molecule is Cn1c(-c2ccccc2)nc2sc([S+](C)[O-])nc2c1=O. The van der Waals surface area contributed by atoms with E-state index in [1.807, 2.05) is 30.3 Å². The van der Waals surface area contributed by atoms with Gasteiger partial charge in [-0.1, -0.05) is 30.3 Å². The molecule has 0 radical (unpaired) electrons. The highest BCUT2D eigenvalue weighted by Crippen LogP contribution is 2.24. The number of rotatable bonds is 2. The van der Waals surface area contributed by atoms with Crippen molar-refractivity contribution in [3.05, 3.63) is 40.7 Å². The minimum absolute atomic E-state index is 0.221. The smallest absolute Gasteiger partial charge is 0.304 e. The van der Waals surface area contributed by atoms with Crippen molar-refractivity contribution in [1.29, 1.82) is 0 Å². The lowest BCUT2D eigenvalue weighted by Crippen LogP contribution is -2.20. The zero-order valence-corrected chi connectivity index (χ0v) is 12.5. The topological polar surface area (TPSA) is 70.8 Å². The van der Waals surface area contributed by atoms with Crippen molar-refractivity contribution in [2.45, 2.75) is 4.34 Å². The predicted octanol–water partition coefficient (Wildman–Crippen LogP) is 1.79. The Kier molecular flexibility index (Phi) is 3.33. The van der Waals surface area contributed by atoms with E-state index in [0.29, 0.717) is 15.0 Å². The molecule has 3 rings (SSSR count). The molecule has 0 saturated carbocycles. The number of hydrogen-bond acceptors (Lipinski definition) is 5. The van der Waals surface area contributed by atoms with Crippen LogP contribution in [0.5, 0.6) is 0 Å². The maximum absolute atomic E-state index is 12.3. The van der Waals surface area contributed by atoms with Crippen LogP contribution in [0.4, 0.5) is 0 Å². The van der Waals surface area contributed by atoms with Gasteiger partial charge < -0.3 is 4.55 Å². The van der Waals surface area contributed by atoms with Crippen molar-refractivity contribution in [1.82, 2.24) is 14.5 Å². The molecular weight excluding hydrogens is 294 g/mol. The number of fused-ring (bicyclic) bond motifs is 1. The molecule has 102 valence electrons. The number of thiazole rings is 1. The molecule has 7 heteroatoms. The fourth-order valence-corrected chi connectivity index (χ4v) is 3.49. The third-order valence-corrected chi connectivity index (χ3v) is 5.18. The van der Waals surface area contributed by atoms with Crippen molar-refractivity contribution in [2.75, 3.05) is 6.26 Å². The summed E-state index contributed by atoms with van der Waals surface area (Å²) >= 11 is -0.00697. The average Bonchev–Trinajstić information content (AvgIpc) is 2.88. The fraction of sp³-hybridized carbons (Fsp3) is 0.154. The van der Waals surface area contributed by atoms with Gasteiger partial charge in [-0.25, -0.2) is 4.98 Å². The van der Waals surface area contributed by atoms with Gasteiger partial charge in [-0.15, -0.1) is 0 Å². The fourth-order valence-electron chi connectivity index (χ4n) is 1.90. The van der Waals surface area contributed by atoms with Crippen LogP contribution >= 0.6 is 11.3 Å². The minimum Gasteiger partial charge on any atom is -0.610 e. The molecule has 2 aromatic heterocycles. The first-order chi connectivity index (χ1) is 9.58. The van der Waals surface area contributed by atoms with Crippen LogP contribution in [-0.2, 0) is 18.2 Å². The molecule has 0 aliphatic heterocycles. The number of hydrogen-bond donors (Lipinski definition) is 0. The third kappa shape index (κ3) is 2.13. The van der Waals surface area contributed by atoms with Gasteiger partial charge in [0, 0.05) is 23.8 Å². The van der Waals surface area contributed by atoms with Gasteiger partial charge >= 0.3 is 4.34 Å². The molecule has 0 N–H and O–H groups in total. The van der Waals surface area contributed by atoms with Crippen molar-refractivity contribution >= 4 is 32.9 Å². The maximum atomic E-state index is 12.3. The molecule has 0 aliphatic carbocycles. The number of aromatic nitrogens is 3. The summed E-state index contributed by atoms with van der Waals surface area (Å²) in [6, 6.07) is 9.49. The maximum Gasteiger partial charge on any atom is 0.304 e. The van der Waals surface area contributed by atoms with Crippen LogP contribution in [0.3, 0.4) is 0 Å². The van der Waals surface area contributed by atoms with Crippen LogP contribution < -0.4 is 5.56 Å². The largest absolute Gasteiger partial charge is 0.610 e. The van der Waals surface area contributed by atoms with Crippen molar-refractivity contribution in [3.63, 3.8) is 0 Å². The molecular formula is C13H11N3O2S2. The quantitative estimate of drug-likeness (QED) is 0.677. The lowest BCUT2D eigenvalue weighted by molar-refractivity contribution is 0.600. The zero-order chi connectivity index (χ0) is 14.3. The summed E-state index contributed by atoms with van der Waals surface area (Å²) in [7, 11) is 1.67. The summed E-state index contributed by atoms with van der Waals surface area (Å²) in [5, 5.41) is 0. The molecule has 0 saturated heterocycles. The second-order valence-corrected chi connectivity index (χ2v) is 6.78. The molecule has 2 heterocycles. The Labute approximate surface area is 122 Å². The highest BCUT2D eigenvalue weighted by molar-refractivity contribution is 7.92. The lowest BCUT2D eigenvalue weighted by atomic mass is 10.2. The van der Waals surface area contributed by atoms with E-state index < -0.39 is 11.2 Å². The van der Waals surface area contributed by atoms with Gasteiger partial charge in [-0.3, -0.25) is 9.36 Å². The monoisotopic (exact) mass is 305 g/mol. The van der Waals surface area contributed by atoms with E-state index in [2.05, 4.69) is 9.97 Å². The Bertz CT molecular complexity index is 825. The molecule has 3 aromatic rings. The lowest BCUT2D eigenvalue weighted by Gasteiger charge is -2.06. The standard InChI is InChI=1S/C13H11N3O2S2/c1-16-10(8-6-4-3-5-7-8)15-11-9(12(16)17)14-13(19-11)20(2)18/h3-7H,1-2H3. The van der Waals surface area contributed by atoms with Gasteiger partial charge in [-0.2, -0.15) is 4.98 Å². The molecule has 0 bridgehead atoms. The summed E-state index contributed by atoms with van der Waals surface area (Å²) in [5.74, 6) is 0.584. The second kappa shape index (κ2) is 5.01. The summed E-state index contributed by atoms with van der Waals surface area (Å²) in [4.78, 5) is 21.5. The van der Waals surface area contributed by atoms with Gasteiger partial charge in [0.25, 0.3) is 5.56 Å². The third-order valence-electron chi connectivity index (χ3n) is 2.90. The van der Waals surface area contributed by atoms with Crippen LogP contribution in [0.15, 0.2) is 39.5 Å². The highest BCUT2D eigenvalue weighted by atomic mass is 32.2. The van der Waals surface area contributed by atoms with E-state index in [1.165, 1.54) is 15.9 Å². The van der Waals surface area contributed by atoms with E-state index in [1.54, 1.807) is 13.3 Å². The Morgan fingerprint density at radius 1 is 1.25 bits per heavy atom. The Morgan fingerprint density at radius 2 is 1.95 bits per heavy atom. The molecule has 0 spiro atoms. The van der Waals surface area contributed by atoms with Crippen LogP contribution in [0, 0.1) is 0 Å². The first-order valence-corrected chi connectivity index (χ1v) is 8.22. The van der Waals surface area contributed by atoms with E-state index in [0.717, 1.165) is 5.56 Å². The van der Waals surface area contributed by atoms with Gasteiger partial charge in [0.05, 0.1) is 0 Å². The highest BCUT2D eigenvalue weighted by Gasteiger charge is 2.18. The average molecular weight is 305 g/mol. The van der Waals surface area contributed by atoms with Gasteiger partial charge in [0.2, 0.25) is 0 Å². The van der Waals surface area contributed by atoms with E-state index in [-0.39, 0.29) is 11.1 Å². The second-order valence-electron chi connectivity index (χ2n) is 4.25. The minimum atomic E-state index is -1.21. The summed E-state index contributed by atoms with van der Waals surface area (Å²) in [6.07, 6.45) is 1.54. The van der Waals surface area contributed by atoms with Crippen molar-refractivity contribution in [3.8, 4) is 11.4 Å². The first kappa shape index (κ1) is 13.3. The van der Waals surface area contributed by atoms with Gasteiger partial charge in [0.15, 0.2) is 10.3 Å². The molecule has 0 fully saturated rings. The van der Waals surface area contributed by atoms with E-state index >= 15 is 0 Å². The first-order valence-electron chi connectivity index (χ1n) is 5.84. The molecule has 0 amide bonds. The number of benzene rings is 1. The van der Waals surface area contributed by atoms with E-state index in [4.69, 9.17) is 0 Å². The predicted molar refractivity (Wildman–Crippen MR) is 80.4 cm³/mol. The zero-order valence-electron chi connectivity index (χ0n) is 10.9. The molecule has 0 aliphatic rings. The van der Waals surface area contributed by atoms with Crippen LogP contribution in [0.25, 0.3) is 21.7 Å². The van der Waals surface area contributed by atoms with Crippen molar-refractivity contribution in [2.24, 2.45) is 7.05 Å². The molecule has 1 aromatic carbocycles. The normalized spacial score (nSPS) is 12.8. The summed E-state index contributed by atoms with van der Waals surface area (Å²) < 4.78 is 13.4. The molecule has 1 atom stereocenters. The van der Waals surface area contributed by atoms with E-state index in [9.17, 15) is 9.35 Å². The van der Waals surface area contributed by atoms with Crippen LogP contribution in [0.1, 0.15) is 0 Å². The Balaban J connectivity index is 2.30. The van der Waals surface area contributed by atoms with Crippen molar-refractivity contribution < 1.29 is 4.55 Å². The Hall–Kier alpha value is -1.70.